The molecule has 0 aliphatic carbocycles. The molecule has 1 aliphatic heterocycles. The molecule has 0 spiro atoms. The first-order chi connectivity index (χ1) is 4.21. The lowest BCUT2D eigenvalue weighted by molar-refractivity contribution is 0.420. The summed E-state index contributed by atoms with van der Waals surface area (Å²) in [6, 6.07) is 0. The second-order valence-corrected chi connectivity index (χ2v) is 3.26. The van der Waals surface area contributed by atoms with Crippen molar-refractivity contribution in [2.45, 2.75) is 31.7 Å². The molecule has 0 aromatic heterocycles. The molecular weight excluding hydrogens is 112 g/mol. The Morgan fingerprint density at radius 1 is 1.33 bits per heavy atom. The molecular formula is C7H16N2. The SMILES string of the molecule is C[C@@]1(N)CCCNCC1. The van der Waals surface area contributed by atoms with Crippen molar-refractivity contribution in [2.24, 2.45) is 5.73 Å². The monoisotopic (exact) mass is 128 g/mol. The van der Waals surface area contributed by atoms with Crippen molar-refractivity contribution in [3.05, 3.63) is 0 Å². The van der Waals surface area contributed by atoms with E-state index in [4.69, 9.17) is 5.73 Å². The van der Waals surface area contributed by atoms with Crippen molar-refractivity contribution in [2.75, 3.05) is 13.1 Å². The van der Waals surface area contributed by atoms with E-state index in [0.717, 1.165) is 19.5 Å². The molecule has 54 valence electrons. The highest BCUT2D eigenvalue weighted by Gasteiger charge is 2.18. The fourth-order valence-electron chi connectivity index (χ4n) is 1.24. The van der Waals surface area contributed by atoms with Gasteiger partial charge in [-0.2, -0.15) is 0 Å². The highest BCUT2D eigenvalue weighted by atomic mass is 14.9. The Balaban J connectivity index is 2.36. The van der Waals surface area contributed by atoms with Crippen LogP contribution < -0.4 is 11.1 Å². The normalized spacial score (nSPS) is 38.0. The molecule has 1 atom stereocenters. The summed E-state index contributed by atoms with van der Waals surface area (Å²) in [5, 5.41) is 3.32. The van der Waals surface area contributed by atoms with E-state index in [1.807, 2.05) is 0 Å². The molecule has 2 heteroatoms. The van der Waals surface area contributed by atoms with Crippen LogP contribution in [0.4, 0.5) is 0 Å². The predicted octanol–water partition coefficient (Wildman–Crippen LogP) is 0.477. The number of nitrogens with two attached hydrogens (primary N) is 1. The Morgan fingerprint density at radius 3 is 2.89 bits per heavy atom. The summed E-state index contributed by atoms with van der Waals surface area (Å²) in [5.41, 5.74) is 6.04. The minimum Gasteiger partial charge on any atom is -0.325 e. The summed E-state index contributed by atoms with van der Waals surface area (Å²) < 4.78 is 0. The number of nitrogens with one attached hydrogen (secondary N) is 1. The van der Waals surface area contributed by atoms with Crippen LogP contribution in [0.1, 0.15) is 26.2 Å². The second-order valence-electron chi connectivity index (χ2n) is 3.26. The Kier molecular flexibility index (Phi) is 2.09. The first-order valence-corrected chi connectivity index (χ1v) is 3.70. The van der Waals surface area contributed by atoms with E-state index in [1.165, 1.54) is 12.8 Å². The summed E-state index contributed by atoms with van der Waals surface area (Å²) in [6.45, 7) is 4.37. The van der Waals surface area contributed by atoms with Gasteiger partial charge in [0.05, 0.1) is 0 Å². The molecule has 2 nitrogen and oxygen atoms in total. The van der Waals surface area contributed by atoms with E-state index in [9.17, 15) is 0 Å². The Bertz CT molecular complexity index is 78.9. The maximum atomic E-state index is 5.94. The van der Waals surface area contributed by atoms with Crippen LogP contribution in [0.3, 0.4) is 0 Å². The Morgan fingerprint density at radius 2 is 2.11 bits per heavy atom. The molecule has 0 amide bonds. The van der Waals surface area contributed by atoms with Crippen LogP contribution in [-0.2, 0) is 0 Å². The van der Waals surface area contributed by atoms with Gasteiger partial charge in [-0.25, -0.2) is 0 Å². The number of hydrogen-bond acceptors (Lipinski definition) is 2. The molecule has 0 unspecified atom stereocenters. The van der Waals surface area contributed by atoms with Crippen LogP contribution in [0.5, 0.6) is 0 Å². The van der Waals surface area contributed by atoms with Crippen LogP contribution in [0.2, 0.25) is 0 Å². The third-order valence-electron chi connectivity index (χ3n) is 1.97. The Hall–Kier alpha value is -0.0800. The summed E-state index contributed by atoms with van der Waals surface area (Å²) in [4.78, 5) is 0. The standard InChI is InChI=1S/C7H16N2/c1-7(8)3-2-5-9-6-4-7/h9H,2-6,8H2,1H3/t7-/m1/s1. The maximum absolute atomic E-state index is 5.94. The van der Waals surface area contributed by atoms with E-state index < -0.39 is 0 Å². The van der Waals surface area contributed by atoms with Gasteiger partial charge in [-0.1, -0.05) is 0 Å². The van der Waals surface area contributed by atoms with Crippen LogP contribution in [0.25, 0.3) is 0 Å². The molecule has 3 N–H and O–H groups in total. The van der Waals surface area contributed by atoms with Gasteiger partial charge < -0.3 is 11.1 Å². The second kappa shape index (κ2) is 2.67. The zero-order chi connectivity index (χ0) is 6.74. The fourth-order valence-corrected chi connectivity index (χ4v) is 1.24. The lowest BCUT2D eigenvalue weighted by Crippen LogP contribution is -2.36. The lowest BCUT2D eigenvalue weighted by Gasteiger charge is -2.20. The van der Waals surface area contributed by atoms with Crippen LogP contribution in [-0.4, -0.2) is 18.6 Å². The summed E-state index contributed by atoms with van der Waals surface area (Å²) >= 11 is 0. The molecule has 1 aliphatic rings. The maximum Gasteiger partial charge on any atom is 0.0138 e. The molecule has 0 bridgehead atoms. The highest BCUT2D eigenvalue weighted by molar-refractivity contribution is 4.81. The third kappa shape index (κ3) is 2.33. The minimum atomic E-state index is 0.101. The number of hydrogen-bond donors (Lipinski definition) is 2. The molecule has 1 rings (SSSR count). The average molecular weight is 128 g/mol. The average Bonchev–Trinajstić information content (AvgIpc) is 1.92. The van der Waals surface area contributed by atoms with Crippen molar-refractivity contribution in [1.29, 1.82) is 0 Å². The van der Waals surface area contributed by atoms with E-state index in [1.54, 1.807) is 0 Å². The zero-order valence-electron chi connectivity index (χ0n) is 6.11. The van der Waals surface area contributed by atoms with E-state index >= 15 is 0 Å². The van der Waals surface area contributed by atoms with Crippen molar-refractivity contribution in [3.63, 3.8) is 0 Å². The quantitative estimate of drug-likeness (QED) is 0.498. The van der Waals surface area contributed by atoms with Gasteiger partial charge in [0.25, 0.3) is 0 Å². The molecule has 9 heavy (non-hydrogen) atoms. The third-order valence-corrected chi connectivity index (χ3v) is 1.97. The lowest BCUT2D eigenvalue weighted by atomic mass is 9.95. The molecule has 0 aromatic rings. The first-order valence-electron chi connectivity index (χ1n) is 3.70. The van der Waals surface area contributed by atoms with E-state index in [2.05, 4.69) is 12.2 Å². The van der Waals surface area contributed by atoms with Gasteiger partial charge in [-0.15, -0.1) is 0 Å². The molecule has 0 aromatic carbocycles. The van der Waals surface area contributed by atoms with Crippen LogP contribution >= 0.6 is 0 Å². The molecule has 1 heterocycles. The van der Waals surface area contributed by atoms with Crippen molar-refractivity contribution in [1.82, 2.24) is 5.32 Å². The first kappa shape index (κ1) is 7.03. The van der Waals surface area contributed by atoms with E-state index in [0.29, 0.717) is 0 Å². The summed E-state index contributed by atoms with van der Waals surface area (Å²) in [5.74, 6) is 0. The van der Waals surface area contributed by atoms with Crippen LogP contribution in [0.15, 0.2) is 0 Å². The molecule has 1 fully saturated rings. The van der Waals surface area contributed by atoms with Crippen molar-refractivity contribution < 1.29 is 0 Å². The minimum absolute atomic E-state index is 0.101. The van der Waals surface area contributed by atoms with Gasteiger partial charge in [-0.3, -0.25) is 0 Å². The predicted molar refractivity (Wildman–Crippen MR) is 39.3 cm³/mol. The van der Waals surface area contributed by atoms with Crippen LogP contribution in [0, 0.1) is 0 Å². The van der Waals surface area contributed by atoms with E-state index in [-0.39, 0.29) is 5.54 Å². The molecule has 0 saturated carbocycles. The van der Waals surface area contributed by atoms with Gasteiger partial charge in [0.15, 0.2) is 0 Å². The fraction of sp³-hybridized carbons (Fsp3) is 1.00. The van der Waals surface area contributed by atoms with Gasteiger partial charge in [0.1, 0.15) is 0 Å². The Labute approximate surface area is 56.8 Å². The molecule has 1 saturated heterocycles. The largest absolute Gasteiger partial charge is 0.325 e. The van der Waals surface area contributed by atoms with Gasteiger partial charge in [0.2, 0.25) is 0 Å². The van der Waals surface area contributed by atoms with Crippen molar-refractivity contribution in [3.8, 4) is 0 Å². The molecule has 0 radical (unpaired) electrons. The van der Waals surface area contributed by atoms with Gasteiger partial charge in [-0.05, 0) is 39.3 Å². The summed E-state index contributed by atoms with van der Waals surface area (Å²) in [7, 11) is 0. The topological polar surface area (TPSA) is 38.0 Å². The van der Waals surface area contributed by atoms with Crippen molar-refractivity contribution >= 4 is 0 Å². The smallest absolute Gasteiger partial charge is 0.0138 e. The highest BCUT2D eigenvalue weighted by Crippen LogP contribution is 2.14. The zero-order valence-corrected chi connectivity index (χ0v) is 6.11. The summed E-state index contributed by atoms with van der Waals surface area (Å²) in [6.07, 6.45) is 3.51. The van der Waals surface area contributed by atoms with Gasteiger partial charge in [0, 0.05) is 5.54 Å². The van der Waals surface area contributed by atoms with Gasteiger partial charge >= 0.3 is 0 Å². The number of rotatable bonds is 0.